The smallest absolute Gasteiger partial charge is 0.138 e. The predicted molar refractivity (Wildman–Crippen MR) is 99.0 cm³/mol. The van der Waals surface area contributed by atoms with E-state index in [1.807, 2.05) is 50.5 Å². The van der Waals surface area contributed by atoms with Crippen LogP contribution in [0.3, 0.4) is 0 Å². The highest BCUT2D eigenvalue weighted by Crippen LogP contribution is 2.29. The van der Waals surface area contributed by atoms with Crippen molar-refractivity contribution in [3.8, 4) is 28.4 Å². The zero-order valence-electron chi connectivity index (χ0n) is 13.7. The van der Waals surface area contributed by atoms with E-state index in [1.54, 1.807) is 12.4 Å². The van der Waals surface area contributed by atoms with E-state index >= 15 is 0 Å². The Labute approximate surface area is 149 Å². The first-order valence-corrected chi connectivity index (χ1v) is 8.46. The summed E-state index contributed by atoms with van der Waals surface area (Å²) in [5.74, 6) is 1.68. The van der Waals surface area contributed by atoms with Crippen molar-refractivity contribution < 1.29 is 4.74 Å². The van der Waals surface area contributed by atoms with Gasteiger partial charge in [-0.1, -0.05) is 0 Å². The number of aromatic nitrogens is 3. The van der Waals surface area contributed by atoms with Gasteiger partial charge in [-0.25, -0.2) is 4.98 Å². The second kappa shape index (κ2) is 7.59. The van der Waals surface area contributed by atoms with Crippen molar-refractivity contribution in [3.05, 3.63) is 53.4 Å². The maximum atomic E-state index is 5.72. The number of halogens is 1. The van der Waals surface area contributed by atoms with Crippen molar-refractivity contribution in [2.24, 2.45) is 0 Å². The lowest BCUT2D eigenvalue weighted by atomic mass is 10.2. The van der Waals surface area contributed by atoms with Crippen LogP contribution in [-0.2, 0) is 0 Å². The van der Waals surface area contributed by atoms with E-state index in [9.17, 15) is 0 Å². The molecule has 0 aliphatic heterocycles. The molecule has 0 fully saturated rings. The van der Waals surface area contributed by atoms with Crippen LogP contribution in [0.1, 0.15) is 0 Å². The molecule has 6 heteroatoms. The highest BCUT2D eigenvalue weighted by molar-refractivity contribution is 9.10. The summed E-state index contributed by atoms with van der Waals surface area (Å²) in [7, 11) is 4.06. The lowest BCUT2D eigenvalue weighted by molar-refractivity contribution is 0.261. The fourth-order valence-electron chi connectivity index (χ4n) is 2.24. The Morgan fingerprint density at radius 2 is 1.75 bits per heavy atom. The summed E-state index contributed by atoms with van der Waals surface area (Å²) in [6.45, 7) is 1.56. The molecule has 0 radical (unpaired) electrons. The minimum atomic E-state index is 0.671. The highest BCUT2D eigenvalue weighted by atomic mass is 79.9. The molecular formula is C18H19BrN4O. The Kier molecular flexibility index (Phi) is 5.27. The number of ether oxygens (including phenoxy) is 1. The van der Waals surface area contributed by atoms with Gasteiger partial charge < -0.3 is 14.6 Å². The van der Waals surface area contributed by atoms with Gasteiger partial charge in [0.1, 0.15) is 28.5 Å². The van der Waals surface area contributed by atoms with Crippen molar-refractivity contribution in [2.75, 3.05) is 27.2 Å². The molecule has 2 heterocycles. The van der Waals surface area contributed by atoms with Crippen LogP contribution >= 0.6 is 15.9 Å². The van der Waals surface area contributed by atoms with E-state index < -0.39 is 0 Å². The number of H-pyrrole nitrogens is 1. The number of hydrogen-bond acceptors (Lipinski definition) is 4. The molecule has 0 aliphatic carbocycles. The molecule has 0 unspecified atom stereocenters. The second-order valence-electron chi connectivity index (χ2n) is 5.66. The minimum Gasteiger partial charge on any atom is -0.492 e. The summed E-state index contributed by atoms with van der Waals surface area (Å²) in [4.78, 5) is 14.1. The van der Waals surface area contributed by atoms with Gasteiger partial charge in [0.05, 0.1) is 0 Å². The van der Waals surface area contributed by atoms with Crippen LogP contribution in [-0.4, -0.2) is 47.1 Å². The zero-order valence-corrected chi connectivity index (χ0v) is 15.2. The van der Waals surface area contributed by atoms with Crippen LogP contribution in [0.2, 0.25) is 0 Å². The van der Waals surface area contributed by atoms with Gasteiger partial charge in [-0.15, -0.1) is 0 Å². The van der Waals surface area contributed by atoms with E-state index in [0.717, 1.165) is 39.5 Å². The van der Waals surface area contributed by atoms with Gasteiger partial charge in [0.2, 0.25) is 0 Å². The van der Waals surface area contributed by atoms with Crippen molar-refractivity contribution in [1.82, 2.24) is 19.9 Å². The Balaban J connectivity index is 1.75. The van der Waals surface area contributed by atoms with Gasteiger partial charge in [0.15, 0.2) is 0 Å². The van der Waals surface area contributed by atoms with Crippen molar-refractivity contribution in [1.29, 1.82) is 0 Å². The first kappa shape index (κ1) is 16.7. The number of imidazole rings is 1. The van der Waals surface area contributed by atoms with Gasteiger partial charge in [-0.2, -0.15) is 0 Å². The average molecular weight is 387 g/mol. The van der Waals surface area contributed by atoms with Gasteiger partial charge in [-0.3, -0.25) is 4.98 Å². The first-order chi connectivity index (χ1) is 11.6. The molecule has 3 rings (SSSR count). The summed E-state index contributed by atoms with van der Waals surface area (Å²) in [6.07, 6.45) is 3.52. The van der Waals surface area contributed by atoms with Crippen LogP contribution in [0.5, 0.6) is 5.75 Å². The Morgan fingerprint density at radius 1 is 1.04 bits per heavy atom. The SMILES string of the molecule is CN(C)CCOc1ccc(-c2nc(-c3ccncc3)c(Br)[nH]2)cc1. The van der Waals surface area contributed by atoms with Crippen LogP contribution in [0.25, 0.3) is 22.6 Å². The van der Waals surface area contributed by atoms with Gasteiger partial charge in [0, 0.05) is 30.1 Å². The summed E-state index contributed by atoms with van der Waals surface area (Å²) >= 11 is 3.55. The molecule has 0 bridgehead atoms. The predicted octanol–water partition coefficient (Wildman–Crippen LogP) is 3.84. The lowest BCUT2D eigenvalue weighted by Gasteiger charge is -2.11. The molecule has 2 aromatic heterocycles. The molecule has 0 saturated carbocycles. The molecule has 1 aromatic carbocycles. The quantitative estimate of drug-likeness (QED) is 0.698. The zero-order chi connectivity index (χ0) is 16.9. The Morgan fingerprint density at radius 3 is 2.42 bits per heavy atom. The molecule has 24 heavy (non-hydrogen) atoms. The second-order valence-corrected chi connectivity index (χ2v) is 6.45. The van der Waals surface area contributed by atoms with E-state index in [-0.39, 0.29) is 0 Å². The van der Waals surface area contributed by atoms with Gasteiger partial charge in [0.25, 0.3) is 0 Å². The summed E-state index contributed by atoms with van der Waals surface area (Å²) in [5, 5.41) is 0. The number of aromatic amines is 1. The number of nitrogens with zero attached hydrogens (tertiary/aromatic N) is 3. The normalized spacial score (nSPS) is 11.0. The summed E-state index contributed by atoms with van der Waals surface area (Å²) in [5.41, 5.74) is 2.90. The highest BCUT2D eigenvalue weighted by Gasteiger charge is 2.11. The maximum Gasteiger partial charge on any atom is 0.138 e. The molecule has 0 amide bonds. The molecule has 1 N–H and O–H groups in total. The Hall–Kier alpha value is -2.18. The van der Waals surface area contributed by atoms with E-state index in [2.05, 4.69) is 35.8 Å². The largest absolute Gasteiger partial charge is 0.492 e. The Bertz CT molecular complexity index is 785. The van der Waals surface area contributed by atoms with Crippen molar-refractivity contribution >= 4 is 15.9 Å². The number of hydrogen-bond donors (Lipinski definition) is 1. The standard InChI is InChI=1S/C18H19BrN4O/c1-23(2)11-12-24-15-5-3-14(4-6-15)18-21-16(17(19)22-18)13-7-9-20-10-8-13/h3-10H,11-12H2,1-2H3,(H,21,22). The molecule has 5 nitrogen and oxygen atoms in total. The molecule has 0 atom stereocenters. The van der Waals surface area contributed by atoms with E-state index in [4.69, 9.17) is 4.74 Å². The maximum absolute atomic E-state index is 5.72. The van der Waals surface area contributed by atoms with Crippen LogP contribution in [0.15, 0.2) is 53.4 Å². The van der Waals surface area contributed by atoms with E-state index in [0.29, 0.717) is 6.61 Å². The number of likely N-dealkylation sites (N-methyl/N-ethyl adjacent to an activating group) is 1. The lowest BCUT2D eigenvalue weighted by Crippen LogP contribution is -2.19. The molecule has 0 spiro atoms. The van der Waals surface area contributed by atoms with E-state index in [1.165, 1.54) is 0 Å². The number of nitrogens with one attached hydrogen (secondary N) is 1. The summed E-state index contributed by atoms with van der Waals surface area (Å²) in [6, 6.07) is 11.8. The molecule has 0 saturated heterocycles. The monoisotopic (exact) mass is 386 g/mol. The average Bonchev–Trinajstić information content (AvgIpc) is 2.98. The third kappa shape index (κ3) is 4.01. The minimum absolute atomic E-state index is 0.671. The van der Waals surface area contributed by atoms with Crippen molar-refractivity contribution in [2.45, 2.75) is 0 Å². The topological polar surface area (TPSA) is 54.0 Å². The third-order valence-electron chi connectivity index (χ3n) is 3.55. The third-order valence-corrected chi connectivity index (χ3v) is 4.12. The first-order valence-electron chi connectivity index (χ1n) is 7.67. The molecule has 0 aliphatic rings. The fraction of sp³-hybridized carbons (Fsp3) is 0.222. The van der Waals surface area contributed by atoms with Crippen LogP contribution < -0.4 is 4.74 Å². The number of benzene rings is 1. The molecular weight excluding hydrogens is 368 g/mol. The number of pyridine rings is 1. The fourth-order valence-corrected chi connectivity index (χ4v) is 2.75. The summed E-state index contributed by atoms with van der Waals surface area (Å²) < 4.78 is 6.57. The van der Waals surface area contributed by atoms with Crippen LogP contribution in [0, 0.1) is 0 Å². The van der Waals surface area contributed by atoms with Gasteiger partial charge in [-0.05, 0) is 66.4 Å². The number of rotatable bonds is 6. The van der Waals surface area contributed by atoms with Crippen molar-refractivity contribution in [3.63, 3.8) is 0 Å². The van der Waals surface area contributed by atoms with Gasteiger partial charge >= 0.3 is 0 Å². The molecule has 124 valence electrons. The van der Waals surface area contributed by atoms with Crippen LogP contribution in [0.4, 0.5) is 0 Å². The molecule has 3 aromatic rings.